The second kappa shape index (κ2) is 3.72. The van der Waals surface area contributed by atoms with Crippen LogP contribution in [-0.4, -0.2) is 19.1 Å². The van der Waals surface area contributed by atoms with E-state index in [2.05, 4.69) is 9.97 Å². The Morgan fingerprint density at radius 3 is 2.71 bits per heavy atom. The van der Waals surface area contributed by atoms with Crippen LogP contribution in [0, 0.1) is 0 Å². The van der Waals surface area contributed by atoms with Crippen LogP contribution in [-0.2, 0) is 14.1 Å². The molecule has 0 aliphatic rings. The van der Waals surface area contributed by atoms with Gasteiger partial charge in [-0.3, -0.25) is 14.3 Å². The van der Waals surface area contributed by atoms with E-state index in [9.17, 15) is 9.59 Å². The molecule has 0 aliphatic carbocycles. The van der Waals surface area contributed by atoms with E-state index >= 15 is 0 Å². The van der Waals surface area contributed by atoms with E-state index in [1.165, 1.54) is 13.4 Å². The molecule has 0 spiro atoms. The van der Waals surface area contributed by atoms with Crippen LogP contribution in [0.5, 0.6) is 0 Å². The molecule has 2 rings (SSSR count). The fourth-order valence-electron chi connectivity index (χ4n) is 1.21. The molecule has 2 aromatic rings. The summed E-state index contributed by atoms with van der Waals surface area (Å²) in [4.78, 5) is 29.0. The van der Waals surface area contributed by atoms with Gasteiger partial charge in [0.1, 0.15) is 0 Å². The van der Waals surface area contributed by atoms with Crippen molar-refractivity contribution in [3.05, 3.63) is 27.2 Å². The molecular weight excluding hydrogens is 195 g/mol. The molecule has 0 saturated carbocycles. The van der Waals surface area contributed by atoms with Gasteiger partial charge in [0, 0.05) is 14.1 Å². The third-order valence-corrected chi connectivity index (χ3v) is 1.97. The molecule has 0 fully saturated rings. The predicted octanol–water partition coefficient (Wildman–Crippen LogP) is -3.92. The Bertz CT molecular complexity index is 585. The van der Waals surface area contributed by atoms with Crippen LogP contribution in [0.3, 0.4) is 0 Å². The number of fused-ring (bicyclic) bond motifs is 1. The Balaban J connectivity index is 0.000000980. The van der Waals surface area contributed by atoms with Crippen molar-refractivity contribution >= 4 is 11.2 Å². The summed E-state index contributed by atoms with van der Waals surface area (Å²) < 4.78 is 2.59. The molecule has 0 unspecified atom stereocenters. The van der Waals surface area contributed by atoms with Crippen LogP contribution in [0.15, 0.2) is 15.9 Å². The molecule has 7 heteroatoms. The molecule has 2 aromatic heterocycles. The van der Waals surface area contributed by atoms with Gasteiger partial charge < -0.3 is 5.99 Å². The molecule has 0 aromatic carbocycles. The summed E-state index contributed by atoms with van der Waals surface area (Å²) in [6.07, 6.45) is 1.49. The van der Waals surface area contributed by atoms with Crippen LogP contribution in [0.2, 0.25) is 0 Å². The van der Waals surface area contributed by atoms with Gasteiger partial charge in [-0.05, 0) is 0 Å². The molecule has 0 saturated heterocycles. The Hall–Kier alpha value is -0.850. The largest absolute Gasteiger partial charge is 1.00 e. The Labute approximate surface area is 102 Å². The third-order valence-electron chi connectivity index (χ3n) is 1.97. The van der Waals surface area contributed by atoms with Crippen molar-refractivity contribution in [1.82, 2.24) is 19.1 Å². The predicted molar refractivity (Wildman–Crippen MR) is 47.7 cm³/mol. The van der Waals surface area contributed by atoms with E-state index in [-0.39, 0.29) is 36.5 Å². The maximum Gasteiger partial charge on any atom is 1.00 e. The topological polar surface area (TPSA) is 72.7 Å². The van der Waals surface area contributed by atoms with Crippen LogP contribution in [0.25, 0.3) is 11.2 Å². The van der Waals surface area contributed by atoms with Crippen molar-refractivity contribution in [2.75, 3.05) is 0 Å². The van der Waals surface area contributed by atoms with Gasteiger partial charge in [0.2, 0.25) is 0 Å². The molecule has 0 amide bonds. The normalized spacial score (nSPS) is 10.1. The summed E-state index contributed by atoms with van der Waals surface area (Å²) in [6.45, 7) is 0. The SMILES string of the molecule is Cn1c(=O)[nH]c2ncn(C)c2c1=O.[H-].[Na+]. The van der Waals surface area contributed by atoms with Crippen LogP contribution in [0.4, 0.5) is 0 Å². The molecule has 70 valence electrons. The number of nitrogens with zero attached hydrogens (tertiary/aromatic N) is 3. The summed E-state index contributed by atoms with van der Waals surface area (Å²) in [5.41, 5.74) is -0.0485. The maximum absolute atomic E-state index is 11.5. The molecule has 0 atom stereocenters. The number of rotatable bonds is 0. The van der Waals surface area contributed by atoms with Gasteiger partial charge in [-0.25, -0.2) is 9.78 Å². The minimum absolute atomic E-state index is 0. The van der Waals surface area contributed by atoms with E-state index in [0.29, 0.717) is 11.2 Å². The number of hydrogen-bond donors (Lipinski definition) is 1. The quantitative estimate of drug-likeness (QED) is 0.445. The molecule has 14 heavy (non-hydrogen) atoms. The minimum Gasteiger partial charge on any atom is -1.00 e. The average Bonchev–Trinajstić information content (AvgIpc) is 2.43. The summed E-state index contributed by atoms with van der Waals surface area (Å²) in [5.74, 6) is 0. The molecule has 1 N–H and O–H groups in total. The number of H-pyrrole nitrogens is 1. The smallest absolute Gasteiger partial charge is 1.00 e. The van der Waals surface area contributed by atoms with Gasteiger partial charge in [-0.1, -0.05) is 0 Å². The Kier molecular flexibility index (Phi) is 2.98. The maximum atomic E-state index is 11.5. The van der Waals surface area contributed by atoms with Gasteiger partial charge >= 0.3 is 35.2 Å². The van der Waals surface area contributed by atoms with Crippen LogP contribution in [0.1, 0.15) is 1.43 Å². The van der Waals surface area contributed by atoms with Crippen molar-refractivity contribution < 1.29 is 31.0 Å². The number of aromatic amines is 1. The number of nitrogens with one attached hydrogen (secondary N) is 1. The second-order valence-electron chi connectivity index (χ2n) is 2.85. The number of imidazole rings is 1. The molecular formula is C7H9N4NaO2. The first kappa shape index (κ1) is 11.2. The summed E-state index contributed by atoms with van der Waals surface area (Å²) >= 11 is 0. The Morgan fingerprint density at radius 2 is 2.07 bits per heavy atom. The monoisotopic (exact) mass is 204 g/mol. The summed E-state index contributed by atoms with van der Waals surface area (Å²) in [7, 11) is 3.13. The van der Waals surface area contributed by atoms with E-state index in [0.717, 1.165) is 4.57 Å². The number of aryl methyl sites for hydroxylation is 1. The molecule has 2 heterocycles. The van der Waals surface area contributed by atoms with Gasteiger partial charge in [-0.2, -0.15) is 0 Å². The van der Waals surface area contributed by atoms with Crippen molar-refractivity contribution in [2.45, 2.75) is 0 Å². The van der Waals surface area contributed by atoms with E-state index in [1.807, 2.05) is 0 Å². The van der Waals surface area contributed by atoms with E-state index in [4.69, 9.17) is 0 Å². The van der Waals surface area contributed by atoms with Gasteiger partial charge in [-0.15, -0.1) is 0 Å². The fraction of sp³-hybridized carbons (Fsp3) is 0.286. The Morgan fingerprint density at radius 1 is 1.43 bits per heavy atom. The zero-order valence-electron chi connectivity index (χ0n) is 9.24. The van der Waals surface area contributed by atoms with Crippen LogP contribution >= 0.6 is 0 Å². The van der Waals surface area contributed by atoms with E-state index in [1.54, 1.807) is 11.6 Å². The van der Waals surface area contributed by atoms with Crippen molar-refractivity contribution in [1.29, 1.82) is 0 Å². The fourth-order valence-corrected chi connectivity index (χ4v) is 1.21. The molecule has 0 radical (unpaired) electrons. The van der Waals surface area contributed by atoms with Crippen LogP contribution < -0.4 is 40.8 Å². The standard InChI is InChI=1S/C7H8N4O2.Na.H/c1-10-3-8-5-4(10)6(12)11(2)7(13)9-5;;/h3H,1-2H3,(H,9,13);;/q;+1;-1. The molecule has 0 aliphatic heterocycles. The van der Waals surface area contributed by atoms with Gasteiger partial charge in [0.15, 0.2) is 11.2 Å². The zero-order valence-corrected chi connectivity index (χ0v) is 10.2. The number of aromatic nitrogens is 4. The van der Waals surface area contributed by atoms with Gasteiger partial charge in [0.25, 0.3) is 5.56 Å². The molecule has 6 nitrogen and oxygen atoms in total. The van der Waals surface area contributed by atoms with E-state index < -0.39 is 5.69 Å². The minimum atomic E-state index is -0.448. The van der Waals surface area contributed by atoms with Crippen molar-refractivity contribution in [3.63, 3.8) is 0 Å². The summed E-state index contributed by atoms with van der Waals surface area (Å²) in [5, 5.41) is 0. The van der Waals surface area contributed by atoms with Crippen molar-refractivity contribution in [2.24, 2.45) is 14.1 Å². The summed E-state index contributed by atoms with van der Waals surface area (Å²) in [6, 6.07) is 0. The third kappa shape index (κ3) is 1.45. The second-order valence-corrected chi connectivity index (χ2v) is 2.85. The average molecular weight is 204 g/mol. The zero-order chi connectivity index (χ0) is 9.59. The first-order valence-corrected chi connectivity index (χ1v) is 3.71. The number of hydrogen-bond acceptors (Lipinski definition) is 3. The first-order valence-electron chi connectivity index (χ1n) is 3.71. The first-order chi connectivity index (χ1) is 6.11. The van der Waals surface area contributed by atoms with Crippen molar-refractivity contribution in [3.8, 4) is 0 Å². The van der Waals surface area contributed by atoms with Gasteiger partial charge in [0.05, 0.1) is 6.33 Å². The molecule has 0 bridgehead atoms.